The lowest BCUT2D eigenvalue weighted by Crippen LogP contribution is -2.29. The molecule has 5 heteroatoms. The number of amides is 1. The molecule has 0 atom stereocenters. The third-order valence-electron chi connectivity index (χ3n) is 3.79. The molecular formula is C18H26N2O2Si. The van der Waals surface area contributed by atoms with Crippen molar-refractivity contribution in [3.8, 4) is 0 Å². The molecule has 0 unspecified atom stereocenters. The summed E-state index contributed by atoms with van der Waals surface area (Å²) in [6.07, 6.45) is 0. The molecule has 0 radical (unpaired) electrons. The fraction of sp³-hybridized carbons (Fsp3) is 0.389. The van der Waals surface area contributed by atoms with Crippen LogP contribution in [0, 0.1) is 0 Å². The van der Waals surface area contributed by atoms with Gasteiger partial charge in [-0.1, -0.05) is 39.0 Å². The summed E-state index contributed by atoms with van der Waals surface area (Å²) >= 11 is 0. The van der Waals surface area contributed by atoms with Gasteiger partial charge < -0.3 is 4.43 Å². The van der Waals surface area contributed by atoms with Crippen molar-refractivity contribution in [2.24, 2.45) is 5.84 Å². The number of nitrogens with two attached hydrogens (primary N) is 1. The number of benzene rings is 2. The summed E-state index contributed by atoms with van der Waals surface area (Å²) in [5.74, 6) is 4.90. The SMILES string of the molecule is CC(C)(C)[SiH2]OC(C)(C)c1ccc2cc(C(=O)NN)ccc2c1. The Bertz CT molecular complexity index is 721. The number of hydrogen-bond donors (Lipinski definition) is 2. The number of nitrogen functional groups attached to an aromatic ring is 1. The minimum Gasteiger partial charge on any atom is -0.415 e. The van der Waals surface area contributed by atoms with Crippen molar-refractivity contribution in [1.29, 1.82) is 0 Å². The van der Waals surface area contributed by atoms with Gasteiger partial charge in [0.1, 0.15) is 0 Å². The topological polar surface area (TPSA) is 64.3 Å². The summed E-state index contributed by atoms with van der Waals surface area (Å²) in [5, 5.41) is 2.36. The molecule has 0 fully saturated rings. The molecule has 0 saturated carbocycles. The van der Waals surface area contributed by atoms with E-state index in [0.29, 0.717) is 5.56 Å². The highest BCUT2D eigenvalue weighted by Gasteiger charge is 2.24. The van der Waals surface area contributed by atoms with Crippen LogP contribution in [0.15, 0.2) is 36.4 Å². The number of hydrazine groups is 1. The van der Waals surface area contributed by atoms with E-state index in [2.05, 4.69) is 52.2 Å². The molecule has 124 valence electrons. The monoisotopic (exact) mass is 330 g/mol. The third-order valence-corrected chi connectivity index (χ3v) is 5.53. The van der Waals surface area contributed by atoms with Gasteiger partial charge in [0.2, 0.25) is 0 Å². The van der Waals surface area contributed by atoms with Gasteiger partial charge in [-0.2, -0.15) is 0 Å². The standard InChI is InChI=1S/C18H26N2O2Si/c1-17(2,3)23-22-18(4,5)15-9-8-12-10-14(16(21)20-19)7-6-13(12)11-15/h6-11H,19,23H2,1-5H3,(H,20,21). The Morgan fingerprint density at radius 3 is 2.26 bits per heavy atom. The van der Waals surface area contributed by atoms with Crippen molar-refractivity contribution >= 4 is 26.4 Å². The van der Waals surface area contributed by atoms with Gasteiger partial charge in [0.05, 0.1) is 5.60 Å². The Hall–Kier alpha value is -1.69. The molecule has 0 aliphatic rings. The van der Waals surface area contributed by atoms with Crippen molar-refractivity contribution in [2.75, 3.05) is 0 Å². The molecule has 4 nitrogen and oxygen atoms in total. The summed E-state index contributed by atoms with van der Waals surface area (Å²) in [6.45, 7) is 10.9. The van der Waals surface area contributed by atoms with E-state index in [1.807, 2.05) is 18.2 Å². The van der Waals surface area contributed by atoms with Crippen LogP contribution in [-0.4, -0.2) is 15.7 Å². The lowest BCUT2D eigenvalue weighted by molar-refractivity contribution is 0.0953. The second-order valence-corrected chi connectivity index (χ2v) is 10.3. The van der Waals surface area contributed by atoms with Crippen LogP contribution in [0.25, 0.3) is 10.8 Å². The van der Waals surface area contributed by atoms with Gasteiger partial charge in [-0.25, -0.2) is 5.84 Å². The molecule has 23 heavy (non-hydrogen) atoms. The van der Waals surface area contributed by atoms with E-state index in [-0.39, 0.29) is 16.5 Å². The van der Waals surface area contributed by atoms with Gasteiger partial charge in [-0.05, 0) is 53.4 Å². The van der Waals surface area contributed by atoms with Gasteiger partial charge in [0.25, 0.3) is 5.91 Å². The van der Waals surface area contributed by atoms with E-state index < -0.39 is 9.76 Å². The quantitative estimate of drug-likeness (QED) is 0.392. The molecule has 0 aromatic heterocycles. The smallest absolute Gasteiger partial charge is 0.265 e. The molecule has 0 heterocycles. The van der Waals surface area contributed by atoms with E-state index in [1.54, 1.807) is 6.07 Å². The largest absolute Gasteiger partial charge is 0.415 e. The van der Waals surface area contributed by atoms with Crippen LogP contribution in [0.4, 0.5) is 0 Å². The molecule has 0 spiro atoms. The Morgan fingerprint density at radius 1 is 1.04 bits per heavy atom. The summed E-state index contributed by atoms with van der Waals surface area (Å²) in [5.41, 5.74) is 3.56. The maximum absolute atomic E-state index is 11.6. The fourth-order valence-electron chi connectivity index (χ4n) is 2.33. The molecule has 2 rings (SSSR count). The van der Waals surface area contributed by atoms with E-state index in [9.17, 15) is 4.79 Å². The highest BCUT2D eigenvalue weighted by atomic mass is 28.2. The minimum atomic E-state index is -0.637. The lowest BCUT2D eigenvalue weighted by Gasteiger charge is -2.30. The van der Waals surface area contributed by atoms with Crippen LogP contribution in [0.2, 0.25) is 5.04 Å². The predicted molar refractivity (Wildman–Crippen MR) is 98.0 cm³/mol. The summed E-state index contributed by atoms with van der Waals surface area (Å²) in [6, 6.07) is 11.8. The lowest BCUT2D eigenvalue weighted by atomic mass is 9.95. The zero-order valence-electron chi connectivity index (χ0n) is 14.6. The Balaban J connectivity index is 2.31. The van der Waals surface area contributed by atoms with Crippen LogP contribution in [-0.2, 0) is 10.0 Å². The predicted octanol–water partition coefficient (Wildman–Crippen LogP) is 3.00. The Morgan fingerprint density at radius 2 is 1.65 bits per heavy atom. The normalized spacial score (nSPS) is 13.0. The maximum Gasteiger partial charge on any atom is 0.265 e. The number of rotatable bonds is 4. The van der Waals surface area contributed by atoms with Gasteiger partial charge in [-0.3, -0.25) is 10.2 Å². The molecule has 2 aromatic rings. The average Bonchev–Trinajstić information content (AvgIpc) is 2.50. The van der Waals surface area contributed by atoms with Gasteiger partial charge in [0, 0.05) is 5.56 Å². The van der Waals surface area contributed by atoms with E-state index in [1.165, 1.54) is 0 Å². The summed E-state index contributed by atoms with van der Waals surface area (Å²) < 4.78 is 6.27. The van der Waals surface area contributed by atoms with Crippen molar-refractivity contribution in [3.05, 3.63) is 47.5 Å². The second kappa shape index (κ2) is 6.43. The fourth-order valence-corrected chi connectivity index (χ4v) is 3.29. The van der Waals surface area contributed by atoms with Crippen LogP contribution in [0.5, 0.6) is 0 Å². The van der Waals surface area contributed by atoms with Gasteiger partial charge in [-0.15, -0.1) is 0 Å². The van der Waals surface area contributed by atoms with E-state index in [0.717, 1.165) is 16.3 Å². The Labute approximate surface area is 140 Å². The van der Waals surface area contributed by atoms with Crippen molar-refractivity contribution in [3.63, 3.8) is 0 Å². The summed E-state index contributed by atoms with van der Waals surface area (Å²) in [4.78, 5) is 11.6. The van der Waals surface area contributed by atoms with Crippen LogP contribution in [0.3, 0.4) is 0 Å². The minimum absolute atomic E-state index is 0.263. The first-order chi connectivity index (χ1) is 10.6. The van der Waals surface area contributed by atoms with Crippen LogP contribution in [0.1, 0.15) is 50.5 Å². The zero-order valence-corrected chi connectivity index (χ0v) is 16.0. The van der Waals surface area contributed by atoms with Gasteiger partial charge >= 0.3 is 0 Å². The van der Waals surface area contributed by atoms with Crippen molar-refractivity contribution in [2.45, 2.75) is 45.3 Å². The molecule has 1 amide bonds. The maximum atomic E-state index is 11.6. The molecular weight excluding hydrogens is 304 g/mol. The zero-order chi connectivity index (χ0) is 17.3. The molecule has 0 saturated heterocycles. The highest BCUT2D eigenvalue weighted by molar-refractivity contribution is 6.31. The van der Waals surface area contributed by atoms with Crippen molar-refractivity contribution in [1.82, 2.24) is 5.43 Å². The third kappa shape index (κ3) is 4.40. The first-order valence-electron chi connectivity index (χ1n) is 7.82. The molecule has 0 aliphatic carbocycles. The molecule has 0 bridgehead atoms. The molecule has 3 N–H and O–H groups in total. The Kier molecular flexibility index (Phi) is 4.94. The number of hydrogen-bond acceptors (Lipinski definition) is 3. The number of fused-ring (bicyclic) bond motifs is 1. The van der Waals surface area contributed by atoms with Gasteiger partial charge in [0.15, 0.2) is 9.76 Å². The van der Waals surface area contributed by atoms with Crippen LogP contribution < -0.4 is 11.3 Å². The van der Waals surface area contributed by atoms with Crippen molar-refractivity contribution < 1.29 is 9.22 Å². The average molecular weight is 331 g/mol. The second-order valence-electron chi connectivity index (χ2n) is 7.61. The number of nitrogens with one attached hydrogen (secondary N) is 1. The van der Waals surface area contributed by atoms with Crippen LogP contribution >= 0.6 is 0 Å². The number of carbonyl (C=O) groups is 1. The molecule has 2 aromatic carbocycles. The molecule has 0 aliphatic heterocycles. The van der Waals surface area contributed by atoms with E-state index >= 15 is 0 Å². The number of carbonyl (C=O) groups excluding carboxylic acids is 1. The highest BCUT2D eigenvalue weighted by Crippen LogP contribution is 2.31. The van der Waals surface area contributed by atoms with E-state index in [4.69, 9.17) is 10.3 Å². The first-order valence-corrected chi connectivity index (χ1v) is 9.10. The first kappa shape index (κ1) is 17.7. The summed E-state index contributed by atoms with van der Waals surface area (Å²) in [7, 11) is -0.637.